The van der Waals surface area contributed by atoms with E-state index in [2.05, 4.69) is 74.4 Å². The highest BCUT2D eigenvalue weighted by atomic mass is 16.5. The normalized spacial score (nSPS) is 11.3. The molecule has 0 amide bonds. The van der Waals surface area contributed by atoms with Gasteiger partial charge in [-0.1, -0.05) is 66.5 Å². The van der Waals surface area contributed by atoms with Crippen molar-refractivity contribution in [2.45, 2.75) is 33.9 Å². The first-order valence-corrected chi connectivity index (χ1v) is 9.73. The van der Waals surface area contributed by atoms with Crippen LogP contribution in [0.15, 0.2) is 79.4 Å². The minimum absolute atomic E-state index is 0.0331. The van der Waals surface area contributed by atoms with Crippen LogP contribution >= 0.6 is 0 Å². The first-order chi connectivity index (χ1) is 13.5. The highest BCUT2D eigenvalue weighted by Crippen LogP contribution is 2.17. The Morgan fingerprint density at radius 3 is 2.46 bits per heavy atom. The summed E-state index contributed by atoms with van der Waals surface area (Å²) < 4.78 is 5.95. The fourth-order valence-corrected chi connectivity index (χ4v) is 2.64. The van der Waals surface area contributed by atoms with Crippen LogP contribution in [0.2, 0.25) is 0 Å². The molecule has 0 bridgehead atoms. The van der Waals surface area contributed by atoms with Crippen molar-refractivity contribution in [1.29, 1.82) is 0 Å². The van der Waals surface area contributed by atoms with Crippen molar-refractivity contribution in [3.05, 3.63) is 90.5 Å². The summed E-state index contributed by atoms with van der Waals surface area (Å²) in [6, 6.07) is 18.5. The fraction of sp³-hybridized carbons (Fsp3) is 0.308. The van der Waals surface area contributed by atoms with Crippen LogP contribution in [0.3, 0.4) is 0 Å². The number of allylic oxidation sites excluding steroid dienone is 1. The molecule has 0 radical (unpaired) electrons. The Kier molecular flexibility index (Phi) is 8.59. The van der Waals surface area contributed by atoms with E-state index in [1.54, 1.807) is 0 Å². The molecule has 0 fully saturated rings. The molecule has 2 aromatic carbocycles. The smallest absolute Gasteiger partial charge is 0.120 e. The highest BCUT2D eigenvalue weighted by molar-refractivity contribution is 5.29. The SMILES string of the molecule is C=CCN(C/C=C/C#CC(C)(C)C)Cc1cccc(OCc2ccccc2)c1. The van der Waals surface area contributed by atoms with Crippen molar-refractivity contribution < 1.29 is 4.74 Å². The molecule has 0 unspecified atom stereocenters. The maximum Gasteiger partial charge on any atom is 0.120 e. The Morgan fingerprint density at radius 2 is 1.75 bits per heavy atom. The largest absolute Gasteiger partial charge is 0.489 e. The van der Waals surface area contributed by atoms with Crippen LogP contribution < -0.4 is 4.74 Å². The Morgan fingerprint density at radius 1 is 1.00 bits per heavy atom. The Labute approximate surface area is 170 Å². The van der Waals surface area contributed by atoms with Gasteiger partial charge in [0.1, 0.15) is 12.4 Å². The van der Waals surface area contributed by atoms with Gasteiger partial charge in [0, 0.05) is 25.0 Å². The number of benzene rings is 2. The van der Waals surface area contributed by atoms with Crippen molar-refractivity contribution in [2.75, 3.05) is 13.1 Å². The summed E-state index contributed by atoms with van der Waals surface area (Å²) in [4.78, 5) is 2.32. The summed E-state index contributed by atoms with van der Waals surface area (Å²) in [6.07, 6.45) is 5.99. The number of ether oxygens (including phenoxy) is 1. The van der Waals surface area contributed by atoms with Crippen LogP contribution in [0.5, 0.6) is 5.75 Å². The molecule has 0 atom stereocenters. The number of hydrogen-bond donors (Lipinski definition) is 0. The van der Waals surface area contributed by atoms with Gasteiger partial charge >= 0.3 is 0 Å². The molecule has 2 nitrogen and oxygen atoms in total. The van der Waals surface area contributed by atoms with Crippen molar-refractivity contribution in [3.63, 3.8) is 0 Å². The average molecular weight is 374 g/mol. The number of rotatable bonds is 9. The van der Waals surface area contributed by atoms with Crippen LogP contribution in [0.4, 0.5) is 0 Å². The first kappa shape index (κ1) is 21.5. The monoisotopic (exact) mass is 373 g/mol. The zero-order valence-corrected chi connectivity index (χ0v) is 17.3. The van der Waals surface area contributed by atoms with Gasteiger partial charge in [0.2, 0.25) is 0 Å². The summed E-state index contributed by atoms with van der Waals surface area (Å²) in [5.74, 6) is 7.24. The Balaban J connectivity index is 1.93. The summed E-state index contributed by atoms with van der Waals surface area (Å²) >= 11 is 0. The molecule has 0 N–H and O–H groups in total. The zero-order valence-electron chi connectivity index (χ0n) is 17.3. The summed E-state index contributed by atoms with van der Waals surface area (Å²) in [6.45, 7) is 13.3. The topological polar surface area (TPSA) is 12.5 Å². The zero-order chi connectivity index (χ0) is 20.2. The van der Waals surface area contributed by atoms with Gasteiger partial charge in [-0.25, -0.2) is 0 Å². The predicted molar refractivity (Wildman–Crippen MR) is 119 cm³/mol. The minimum Gasteiger partial charge on any atom is -0.489 e. The van der Waals surface area contributed by atoms with Crippen LogP contribution in [-0.2, 0) is 13.2 Å². The van der Waals surface area contributed by atoms with E-state index in [-0.39, 0.29) is 5.41 Å². The molecule has 0 spiro atoms. The van der Waals surface area contributed by atoms with E-state index >= 15 is 0 Å². The van der Waals surface area contributed by atoms with Gasteiger partial charge in [-0.3, -0.25) is 4.90 Å². The second kappa shape index (κ2) is 11.2. The summed E-state index contributed by atoms with van der Waals surface area (Å²) in [5.41, 5.74) is 2.43. The molecule has 2 rings (SSSR count). The van der Waals surface area contributed by atoms with Gasteiger partial charge in [-0.2, -0.15) is 0 Å². The van der Waals surface area contributed by atoms with E-state index in [4.69, 9.17) is 4.74 Å². The average Bonchev–Trinajstić information content (AvgIpc) is 2.66. The standard InChI is InChI=1S/C26H31NO/c1-5-18-27(19-11-7-10-17-26(2,3)4)21-24-15-12-16-25(20-24)28-22-23-13-8-6-9-14-23/h5-9,11-16,20H,1,18-19,21-22H2,2-4H3/b11-7+. The lowest BCUT2D eigenvalue weighted by Gasteiger charge is -2.19. The van der Waals surface area contributed by atoms with E-state index in [0.717, 1.165) is 25.4 Å². The van der Waals surface area contributed by atoms with E-state index < -0.39 is 0 Å². The molecule has 0 heterocycles. The van der Waals surface area contributed by atoms with Crippen LogP contribution in [0.1, 0.15) is 31.9 Å². The van der Waals surface area contributed by atoms with Crippen molar-refractivity contribution in [2.24, 2.45) is 5.41 Å². The second-order valence-electron chi connectivity index (χ2n) is 7.83. The third-order valence-electron chi connectivity index (χ3n) is 3.95. The molecule has 2 heteroatoms. The molecule has 2 aromatic rings. The Bertz CT molecular complexity index is 819. The lowest BCUT2D eigenvalue weighted by Crippen LogP contribution is -2.23. The maximum atomic E-state index is 5.95. The van der Waals surface area contributed by atoms with E-state index in [1.807, 2.05) is 42.5 Å². The maximum absolute atomic E-state index is 5.95. The molecule has 0 saturated carbocycles. The van der Waals surface area contributed by atoms with Crippen molar-refractivity contribution in [1.82, 2.24) is 4.90 Å². The summed E-state index contributed by atoms with van der Waals surface area (Å²) in [5, 5.41) is 0. The number of hydrogen-bond acceptors (Lipinski definition) is 2. The lowest BCUT2D eigenvalue weighted by molar-refractivity contribution is 0.302. The molecular formula is C26H31NO. The third kappa shape index (κ3) is 8.75. The lowest BCUT2D eigenvalue weighted by atomic mass is 9.98. The van der Waals surface area contributed by atoms with E-state index in [0.29, 0.717) is 6.61 Å². The first-order valence-electron chi connectivity index (χ1n) is 9.73. The molecular weight excluding hydrogens is 342 g/mol. The number of nitrogens with zero attached hydrogens (tertiary/aromatic N) is 1. The Hall–Kier alpha value is -2.76. The van der Waals surface area contributed by atoms with Gasteiger partial charge in [-0.15, -0.1) is 6.58 Å². The summed E-state index contributed by atoms with van der Waals surface area (Å²) in [7, 11) is 0. The van der Waals surface area contributed by atoms with Gasteiger partial charge < -0.3 is 4.74 Å². The molecule has 28 heavy (non-hydrogen) atoms. The molecule has 146 valence electrons. The van der Waals surface area contributed by atoms with Crippen molar-refractivity contribution >= 4 is 0 Å². The van der Waals surface area contributed by atoms with E-state index in [9.17, 15) is 0 Å². The minimum atomic E-state index is 0.0331. The van der Waals surface area contributed by atoms with Crippen LogP contribution in [-0.4, -0.2) is 18.0 Å². The highest BCUT2D eigenvalue weighted by Gasteiger charge is 2.05. The molecule has 0 saturated heterocycles. The van der Waals surface area contributed by atoms with Crippen molar-refractivity contribution in [3.8, 4) is 17.6 Å². The van der Waals surface area contributed by atoms with Gasteiger partial charge in [-0.05, 0) is 50.1 Å². The quantitative estimate of drug-likeness (QED) is 0.403. The molecule has 0 aliphatic heterocycles. The van der Waals surface area contributed by atoms with E-state index in [1.165, 1.54) is 11.1 Å². The predicted octanol–water partition coefficient (Wildman–Crippen LogP) is 5.86. The second-order valence-corrected chi connectivity index (χ2v) is 7.83. The van der Waals surface area contributed by atoms with Crippen LogP contribution in [0.25, 0.3) is 0 Å². The van der Waals surface area contributed by atoms with Gasteiger partial charge in [0.15, 0.2) is 0 Å². The third-order valence-corrected chi connectivity index (χ3v) is 3.95. The van der Waals surface area contributed by atoms with Gasteiger partial charge in [0.25, 0.3) is 0 Å². The molecule has 0 aromatic heterocycles. The molecule has 0 aliphatic rings. The fourth-order valence-electron chi connectivity index (χ4n) is 2.64. The van der Waals surface area contributed by atoms with Crippen LogP contribution in [0, 0.1) is 17.3 Å². The van der Waals surface area contributed by atoms with Gasteiger partial charge in [0.05, 0.1) is 0 Å². The molecule has 0 aliphatic carbocycles.